The summed E-state index contributed by atoms with van der Waals surface area (Å²) >= 11 is 0. The summed E-state index contributed by atoms with van der Waals surface area (Å²) in [6, 6.07) is -0.0553. The van der Waals surface area contributed by atoms with Gasteiger partial charge in [0.05, 0.1) is 24.9 Å². The second-order valence-corrected chi connectivity index (χ2v) is 4.70. The van der Waals surface area contributed by atoms with Gasteiger partial charge < -0.3 is 15.2 Å². The van der Waals surface area contributed by atoms with Crippen LogP contribution in [0, 0.1) is 0 Å². The van der Waals surface area contributed by atoms with Crippen LogP contribution in [0.25, 0.3) is 0 Å². The third kappa shape index (κ3) is 4.94. The first kappa shape index (κ1) is 13.5. The lowest BCUT2D eigenvalue weighted by Crippen LogP contribution is -2.45. The summed E-state index contributed by atoms with van der Waals surface area (Å²) < 4.78 is 5.31. The fraction of sp³-hybridized carbons (Fsp3) is 0.917. The van der Waals surface area contributed by atoms with Gasteiger partial charge in [0.15, 0.2) is 0 Å². The molecule has 1 rings (SSSR count). The van der Waals surface area contributed by atoms with Gasteiger partial charge in [-0.3, -0.25) is 4.79 Å². The van der Waals surface area contributed by atoms with Gasteiger partial charge in [-0.1, -0.05) is 12.8 Å². The van der Waals surface area contributed by atoms with Crippen LogP contribution in [0.3, 0.4) is 0 Å². The van der Waals surface area contributed by atoms with Gasteiger partial charge in [-0.05, 0) is 26.7 Å². The Balaban J connectivity index is 2.17. The summed E-state index contributed by atoms with van der Waals surface area (Å²) in [6.07, 6.45) is 4.00. The minimum Gasteiger partial charge on any atom is -0.391 e. The molecule has 1 saturated carbocycles. The van der Waals surface area contributed by atoms with Gasteiger partial charge in [0, 0.05) is 6.42 Å². The van der Waals surface area contributed by atoms with Crippen molar-refractivity contribution in [1.82, 2.24) is 5.32 Å². The largest absolute Gasteiger partial charge is 0.391 e. The van der Waals surface area contributed by atoms with Gasteiger partial charge in [-0.15, -0.1) is 0 Å². The smallest absolute Gasteiger partial charge is 0.222 e. The first-order chi connectivity index (χ1) is 7.59. The van der Waals surface area contributed by atoms with Crippen LogP contribution in [0.5, 0.6) is 0 Å². The second kappa shape index (κ2) is 6.86. The van der Waals surface area contributed by atoms with E-state index >= 15 is 0 Å². The average molecular weight is 229 g/mol. The molecular weight excluding hydrogens is 206 g/mol. The molecule has 0 radical (unpaired) electrons. The highest BCUT2D eigenvalue weighted by molar-refractivity contribution is 5.76. The second-order valence-electron chi connectivity index (χ2n) is 4.70. The lowest BCUT2D eigenvalue weighted by atomic mass is 9.92. The molecule has 2 atom stereocenters. The Morgan fingerprint density at radius 2 is 2.12 bits per heavy atom. The third-order valence-electron chi connectivity index (χ3n) is 2.86. The molecule has 1 aliphatic carbocycles. The fourth-order valence-electron chi connectivity index (χ4n) is 1.95. The molecule has 94 valence electrons. The highest BCUT2D eigenvalue weighted by Gasteiger charge is 2.24. The highest BCUT2D eigenvalue weighted by atomic mass is 16.5. The summed E-state index contributed by atoms with van der Waals surface area (Å²) in [6.45, 7) is 4.35. The Morgan fingerprint density at radius 3 is 2.75 bits per heavy atom. The fourth-order valence-corrected chi connectivity index (χ4v) is 1.95. The van der Waals surface area contributed by atoms with Crippen LogP contribution in [-0.4, -0.2) is 35.9 Å². The molecule has 0 heterocycles. The van der Waals surface area contributed by atoms with Crippen LogP contribution < -0.4 is 5.32 Å². The van der Waals surface area contributed by atoms with Crippen molar-refractivity contribution in [3.8, 4) is 0 Å². The van der Waals surface area contributed by atoms with Crippen molar-refractivity contribution in [2.24, 2.45) is 0 Å². The maximum absolute atomic E-state index is 11.5. The van der Waals surface area contributed by atoms with Crippen LogP contribution >= 0.6 is 0 Å². The van der Waals surface area contributed by atoms with E-state index in [1.54, 1.807) is 0 Å². The Labute approximate surface area is 97.4 Å². The van der Waals surface area contributed by atoms with E-state index < -0.39 is 0 Å². The zero-order chi connectivity index (χ0) is 12.0. The van der Waals surface area contributed by atoms with E-state index in [2.05, 4.69) is 5.32 Å². The summed E-state index contributed by atoms with van der Waals surface area (Å²) in [5, 5.41) is 12.6. The normalized spacial score (nSPS) is 25.8. The standard InChI is InChI=1S/C12H23NO3/c1-9(2)16-8-7-12(15)13-10-5-3-4-6-11(10)14/h9-11,14H,3-8H2,1-2H3,(H,13,15)/t10-,11+/m1/s1. The van der Waals surface area contributed by atoms with E-state index in [9.17, 15) is 9.90 Å². The molecule has 0 bridgehead atoms. The molecule has 16 heavy (non-hydrogen) atoms. The van der Waals surface area contributed by atoms with Gasteiger partial charge >= 0.3 is 0 Å². The molecule has 1 fully saturated rings. The van der Waals surface area contributed by atoms with Gasteiger partial charge in [-0.2, -0.15) is 0 Å². The van der Waals surface area contributed by atoms with Gasteiger partial charge in [0.25, 0.3) is 0 Å². The van der Waals surface area contributed by atoms with Crippen molar-refractivity contribution in [2.75, 3.05) is 6.61 Å². The maximum atomic E-state index is 11.5. The average Bonchev–Trinajstić information content (AvgIpc) is 2.21. The molecule has 1 amide bonds. The van der Waals surface area contributed by atoms with Crippen molar-refractivity contribution in [3.05, 3.63) is 0 Å². The molecule has 0 aromatic heterocycles. The molecule has 0 unspecified atom stereocenters. The number of amides is 1. The predicted molar refractivity (Wildman–Crippen MR) is 62.1 cm³/mol. The van der Waals surface area contributed by atoms with Crippen LogP contribution in [-0.2, 0) is 9.53 Å². The number of nitrogens with one attached hydrogen (secondary N) is 1. The molecule has 0 aromatic rings. The minimum absolute atomic E-state index is 0.0217. The lowest BCUT2D eigenvalue weighted by Gasteiger charge is -2.28. The van der Waals surface area contributed by atoms with Crippen LogP contribution in [0.4, 0.5) is 0 Å². The highest BCUT2D eigenvalue weighted by Crippen LogP contribution is 2.18. The summed E-state index contributed by atoms with van der Waals surface area (Å²) in [7, 11) is 0. The topological polar surface area (TPSA) is 58.6 Å². The van der Waals surface area contributed by atoms with Gasteiger partial charge in [-0.25, -0.2) is 0 Å². The lowest BCUT2D eigenvalue weighted by molar-refractivity contribution is -0.124. The summed E-state index contributed by atoms with van der Waals surface area (Å²) in [5.74, 6) is -0.0217. The van der Waals surface area contributed by atoms with E-state index in [4.69, 9.17) is 4.74 Å². The number of hydrogen-bond acceptors (Lipinski definition) is 3. The number of carbonyl (C=O) groups is 1. The van der Waals surface area contributed by atoms with Crippen LogP contribution in [0.2, 0.25) is 0 Å². The van der Waals surface area contributed by atoms with E-state index in [0.717, 1.165) is 25.7 Å². The van der Waals surface area contributed by atoms with Gasteiger partial charge in [0.1, 0.15) is 0 Å². The zero-order valence-corrected chi connectivity index (χ0v) is 10.2. The van der Waals surface area contributed by atoms with Crippen LogP contribution in [0.15, 0.2) is 0 Å². The third-order valence-corrected chi connectivity index (χ3v) is 2.86. The Hall–Kier alpha value is -0.610. The van der Waals surface area contributed by atoms with Crippen molar-refractivity contribution in [2.45, 2.75) is 64.2 Å². The zero-order valence-electron chi connectivity index (χ0n) is 10.2. The Morgan fingerprint density at radius 1 is 1.44 bits per heavy atom. The molecular formula is C12H23NO3. The van der Waals surface area contributed by atoms with Crippen molar-refractivity contribution in [3.63, 3.8) is 0 Å². The monoisotopic (exact) mass is 229 g/mol. The Kier molecular flexibility index (Phi) is 5.77. The molecule has 0 aromatic carbocycles. The number of aliphatic hydroxyl groups excluding tert-OH is 1. The number of hydrogen-bond donors (Lipinski definition) is 2. The quantitative estimate of drug-likeness (QED) is 0.745. The molecule has 4 nitrogen and oxygen atoms in total. The van der Waals surface area contributed by atoms with Crippen LogP contribution in [0.1, 0.15) is 46.0 Å². The van der Waals surface area contributed by atoms with E-state index in [1.165, 1.54) is 0 Å². The molecule has 4 heteroatoms. The summed E-state index contributed by atoms with van der Waals surface area (Å²) in [5.41, 5.74) is 0. The van der Waals surface area contributed by atoms with Crippen molar-refractivity contribution in [1.29, 1.82) is 0 Å². The van der Waals surface area contributed by atoms with Crippen molar-refractivity contribution >= 4 is 5.91 Å². The first-order valence-electron chi connectivity index (χ1n) is 6.18. The van der Waals surface area contributed by atoms with Crippen molar-refractivity contribution < 1.29 is 14.6 Å². The number of carbonyl (C=O) groups excluding carboxylic acids is 1. The Bertz CT molecular complexity index is 218. The number of ether oxygens (including phenoxy) is 1. The van der Waals surface area contributed by atoms with E-state index in [0.29, 0.717) is 13.0 Å². The van der Waals surface area contributed by atoms with E-state index in [1.807, 2.05) is 13.8 Å². The molecule has 2 N–H and O–H groups in total. The predicted octanol–water partition coefficient (Wildman–Crippen LogP) is 1.22. The molecule has 0 spiro atoms. The first-order valence-corrected chi connectivity index (χ1v) is 6.18. The summed E-state index contributed by atoms with van der Waals surface area (Å²) in [4.78, 5) is 11.5. The maximum Gasteiger partial charge on any atom is 0.222 e. The number of rotatable bonds is 5. The molecule has 0 saturated heterocycles. The number of aliphatic hydroxyl groups is 1. The van der Waals surface area contributed by atoms with E-state index in [-0.39, 0.29) is 24.2 Å². The SMILES string of the molecule is CC(C)OCCC(=O)N[C@@H]1CCCC[C@@H]1O. The minimum atomic E-state index is -0.372. The molecule has 0 aliphatic heterocycles. The van der Waals surface area contributed by atoms with Gasteiger partial charge in [0.2, 0.25) is 5.91 Å². The molecule has 1 aliphatic rings.